The highest BCUT2D eigenvalue weighted by molar-refractivity contribution is 6.45. The molecule has 114 valence electrons. The molecule has 0 aromatic rings. The maximum Gasteiger partial charge on any atom is 0.335 e. The van der Waals surface area contributed by atoms with Gasteiger partial charge < -0.3 is 10.0 Å². The molecule has 1 heterocycles. The van der Waals surface area contributed by atoms with Gasteiger partial charge in [-0.1, -0.05) is 6.08 Å². The Labute approximate surface area is 120 Å². The lowest BCUT2D eigenvalue weighted by molar-refractivity contribution is -0.144. The van der Waals surface area contributed by atoms with E-state index in [1.807, 2.05) is 0 Å². The first-order valence-electron chi connectivity index (χ1n) is 6.03. The van der Waals surface area contributed by atoms with Gasteiger partial charge in [-0.05, 0) is 0 Å². The van der Waals surface area contributed by atoms with Gasteiger partial charge in [0.25, 0.3) is 0 Å². The van der Waals surface area contributed by atoms with Crippen molar-refractivity contribution in [3.63, 3.8) is 0 Å². The first kappa shape index (κ1) is 16.3. The summed E-state index contributed by atoms with van der Waals surface area (Å²) in [7, 11) is 1.35. The van der Waals surface area contributed by atoms with Crippen LogP contribution in [0.15, 0.2) is 12.7 Å². The molecule has 1 saturated heterocycles. The molecule has 9 nitrogen and oxygen atoms in total. The summed E-state index contributed by atoms with van der Waals surface area (Å²) in [6, 6.07) is -0.884. The molecule has 5 amide bonds. The van der Waals surface area contributed by atoms with Gasteiger partial charge in [0.15, 0.2) is 0 Å². The van der Waals surface area contributed by atoms with Gasteiger partial charge in [-0.2, -0.15) is 0 Å². The van der Waals surface area contributed by atoms with Gasteiger partial charge in [-0.15, -0.1) is 6.58 Å². The number of nitrogens with zero attached hydrogens (tertiary/aromatic N) is 3. The SMILES string of the molecule is C=CCN1C(=O)C(=O)N(CC(=O)N(C)CCC(=O)O)C1=O. The second-order valence-electron chi connectivity index (χ2n) is 4.34. The first-order chi connectivity index (χ1) is 9.79. The van der Waals surface area contributed by atoms with Crippen LogP contribution in [0.1, 0.15) is 6.42 Å². The highest BCUT2D eigenvalue weighted by Gasteiger charge is 2.44. The average Bonchev–Trinajstić information content (AvgIpc) is 2.62. The second-order valence-corrected chi connectivity index (χ2v) is 4.34. The lowest BCUT2D eigenvalue weighted by atomic mass is 10.3. The van der Waals surface area contributed by atoms with Crippen molar-refractivity contribution in [1.29, 1.82) is 0 Å². The normalized spacial score (nSPS) is 14.6. The van der Waals surface area contributed by atoms with Gasteiger partial charge in [0, 0.05) is 20.1 Å². The average molecular weight is 297 g/mol. The van der Waals surface area contributed by atoms with Crippen molar-refractivity contribution in [2.45, 2.75) is 6.42 Å². The van der Waals surface area contributed by atoms with E-state index in [1.54, 1.807) is 0 Å². The Kier molecular flexibility index (Phi) is 5.17. The second kappa shape index (κ2) is 6.64. The van der Waals surface area contributed by atoms with Crippen molar-refractivity contribution in [3.05, 3.63) is 12.7 Å². The van der Waals surface area contributed by atoms with Crippen molar-refractivity contribution in [2.24, 2.45) is 0 Å². The molecule has 0 spiro atoms. The van der Waals surface area contributed by atoms with Crippen LogP contribution < -0.4 is 0 Å². The number of amides is 5. The van der Waals surface area contributed by atoms with E-state index >= 15 is 0 Å². The van der Waals surface area contributed by atoms with Crippen molar-refractivity contribution < 1.29 is 29.1 Å². The van der Waals surface area contributed by atoms with E-state index in [-0.39, 0.29) is 19.5 Å². The van der Waals surface area contributed by atoms with Crippen LogP contribution >= 0.6 is 0 Å². The van der Waals surface area contributed by atoms with Crippen molar-refractivity contribution in [2.75, 3.05) is 26.7 Å². The largest absolute Gasteiger partial charge is 0.481 e. The molecule has 0 radical (unpaired) electrons. The molecule has 0 aliphatic carbocycles. The fourth-order valence-electron chi connectivity index (χ4n) is 1.62. The lowest BCUT2D eigenvalue weighted by Crippen LogP contribution is -2.42. The summed E-state index contributed by atoms with van der Waals surface area (Å²) < 4.78 is 0. The van der Waals surface area contributed by atoms with Crippen molar-refractivity contribution in [1.82, 2.24) is 14.7 Å². The summed E-state index contributed by atoms with van der Waals surface area (Å²) in [6.07, 6.45) is 1.03. The minimum absolute atomic E-state index is 0.0608. The number of aliphatic carboxylic acids is 1. The molecule has 0 saturated carbocycles. The van der Waals surface area contributed by atoms with Crippen LogP contribution in [-0.4, -0.2) is 76.2 Å². The Morgan fingerprint density at radius 1 is 1.24 bits per heavy atom. The summed E-state index contributed by atoms with van der Waals surface area (Å²) in [5.74, 6) is -3.80. The van der Waals surface area contributed by atoms with Crippen LogP contribution in [0.4, 0.5) is 4.79 Å². The predicted octanol–water partition coefficient (Wildman–Crippen LogP) is -1.10. The summed E-state index contributed by atoms with van der Waals surface area (Å²) in [5, 5.41) is 8.52. The van der Waals surface area contributed by atoms with E-state index in [0.29, 0.717) is 9.80 Å². The molecule has 1 aliphatic heterocycles. The number of hydrogen-bond acceptors (Lipinski definition) is 5. The van der Waals surface area contributed by atoms with E-state index in [0.717, 1.165) is 4.90 Å². The van der Waals surface area contributed by atoms with Crippen molar-refractivity contribution >= 4 is 29.7 Å². The molecule has 21 heavy (non-hydrogen) atoms. The Morgan fingerprint density at radius 2 is 1.81 bits per heavy atom. The monoisotopic (exact) mass is 297 g/mol. The molecule has 0 aromatic heterocycles. The number of hydrogen-bond donors (Lipinski definition) is 1. The highest BCUT2D eigenvalue weighted by Crippen LogP contribution is 2.12. The molecule has 0 bridgehead atoms. The Morgan fingerprint density at radius 3 is 2.33 bits per heavy atom. The fraction of sp³-hybridized carbons (Fsp3) is 0.417. The molecule has 1 aliphatic rings. The maximum atomic E-state index is 11.8. The van der Waals surface area contributed by atoms with Crippen LogP contribution in [0.25, 0.3) is 0 Å². The van der Waals surface area contributed by atoms with Gasteiger partial charge >= 0.3 is 23.8 Å². The van der Waals surface area contributed by atoms with Gasteiger partial charge in [0.1, 0.15) is 6.54 Å². The third kappa shape index (κ3) is 3.65. The van der Waals surface area contributed by atoms with Gasteiger partial charge in [-0.25, -0.2) is 9.69 Å². The van der Waals surface area contributed by atoms with E-state index in [2.05, 4.69) is 6.58 Å². The first-order valence-corrected chi connectivity index (χ1v) is 6.03. The number of carbonyl (C=O) groups is 5. The third-order valence-electron chi connectivity index (χ3n) is 2.83. The summed E-state index contributed by atoms with van der Waals surface area (Å²) in [6.45, 7) is 2.58. The molecule has 1 rings (SSSR count). The Balaban J connectivity index is 2.69. The summed E-state index contributed by atoms with van der Waals surface area (Å²) in [4.78, 5) is 59.5. The number of carbonyl (C=O) groups excluding carboxylic acids is 4. The third-order valence-corrected chi connectivity index (χ3v) is 2.83. The van der Waals surface area contributed by atoms with Crippen LogP contribution in [0.2, 0.25) is 0 Å². The van der Waals surface area contributed by atoms with E-state index in [4.69, 9.17) is 5.11 Å². The van der Waals surface area contributed by atoms with Crippen LogP contribution in [0, 0.1) is 0 Å². The van der Waals surface area contributed by atoms with E-state index < -0.39 is 36.3 Å². The van der Waals surface area contributed by atoms with E-state index in [9.17, 15) is 24.0 Å². The van der Waals surface area contributed by atoms with E-state index in [1.165, 1.54) is 13.1 Å². The Bertz CT molecular complexity index is 515. The van der Waals surface area contributed by atoms with Crippen molar-refractivity contribution in [3.8, 4) is 0 Å². The van der Waals surface area contributed by atoms with Crippen LogP contribution in [-0.2, 0) is 19.2 Å². The smallest absolute Gasteiger partial charge is 0.335 e. The molecule has 1 fully saturated rings. The number of imide groups is 2. The predicted molar refractivity (Wildman–Crippen MR) is 68.9 cm³/mol. The molecular formula is C12H15N3O6. The Hall–Kier alpha value is -2.71. The molecule has 1 N–H and O–H groups in total. The number of urea groups is 1. The molecule has 0 atom stereocenters. The lowest BCUT2D eigenvalue weighted by Gasteiger charge is -2.19. The summed E-state index contributed by atoms with van der Waals surface area (Å²) in [5.41, 5.74) is 0. The topological polar surface area (TPSA) is 115 Å². The highest BCUT2D eigenvalue weighted by atomic mass is 16.4. The zero-order valence-electron chi connectivity index (χ0n) is 11.4. The fourth-order valence-corrected chi connectivity index (χ4v) is 1.62. The molecular weight excluding hydrogens is 282 g/mol. The van der Waals surface area contributed by atoms with Gasteiger partial charge in [0.2, 0.25) is 5.91 Å². The molecule has 0 unspecified atom stereocenters. The number of rotatable bonds is 7. The minimum Gasteiger partial charge on any atom is -0.481 e. The quantitative estimate of drug-likeness (QED) is 0.362. The number of carboxylic acids is 1. The number of carboxylic acid groups (broad SMARTS) is 1. The minimum atomic E-state index is -1.08. The van der Waals surface area contributed by atoms with Crippen LogP contribution in [0.3, 0.4) is 0 Å². The number of likely N-dealkylation sites (N-methyl/N-ethyl adjacent to an activating group) is 1. The molecule has 0 aromatic carbocycles. The zero-order chi connectivity index (χ0) is 16.2. The zero-order valence-corrected chi connectivity index (χ0v) is 11.4. The van der Waals surface area contributed by atoms with Crippen LogP contribution in [0.5, 0.6) is 0 Å². The van der Waals surface area contributed by atoms with Gasteiger partial charge in [-0.3, -0.25) is 24.1 Å². The summed E-state index contributed by atoms with van der Waals surface area (Å²) >= 11 is 0. The standard InChI is InChI=1S/C12H15N3O6/c1-3-5-14-10(19)11(20)15(12(14)21)7-8(16)13(2)6-4-9(17)18/h3H,1,4-7H2,2H3,(H,17,18). The maximum absolute atomic E-state index is 11.8. The molecule has 9 heteroatoms. The van der Waals surface area contributed by atoms with Gasteiger partial charge in [0.05, 0.1) is 6.42 Å².